The van der Waals surface area contributed by atoms with E-state index in [2.05, 4.69) is 18.8 Å². The molecule has 2 rings (SSSR count). The first-order valence-corrected chi connectivity index (χ1v) is 12.4. The average Bonchev–Trinajstić information content (AvgIpc) is 2.85. The van der Waals surface area contributed by atoms with Crippen LogP contribution in [-0.4, -0.2) is 37.5 Å². The molecule has 1 atom stereocenters. The number of ether oxygens (including phenoxy) is 3. The first-order chi connectivity index (χ1) is 16.9. The number of fused-ring (bicyclic) bond motifs is 1. The lowest BCUT2D eigenvalue weighted by molar-refractivity contribution is -0.138. The van der Waals surface area contributed by atoms with Gasteiger partial charge in [0.1, 0.15) is 6.61 Å². The van der Waals surface area contributed by atoms with Gasteiger partial charge in [0.2, 0.25) is 6.29 Å². The molecular weight excluding hydrogens is 446 g/mol. The number of esters is 2. The van der Waals surface area contributed by atoms with Crippen LogP contribution in [0.1, 0.15) is 75.6 Å². The van der Waals surface area contributed by atoms with Crippen molar-refractivity contribution < 1.29 is 28.6 Å². The molecule has 7 heteroatoms. The third-order valence-electron chi connectivity index (χ3n) is 5.46. The van der Waals surface area contributed by atoms with E-state index in [4.69, 9.17) is 14.2 Å². The van der Waals surface area contributed by atoms with Crippen LogP contribution in [0.4, 0.5) is 4.79 Å². The Hall–Kier alpha value is -3.35. The summed E-state index contributed by atoms with van der Waals surface area (Å²) in [5.41, 5.74) is 0.673. The highest BCUT2D eigenvalue weighted by Gasteiger charge is 2.20. The van der Waals surface area contributed by atoms with E-state index in [1.54, 1.807) is 19.1 Å². The SMILES string of the molecule is C=C(C)C(=O)OCCNC(=O)OC(CCCCCCCCC)OC(=O)c1ccc2ccccc2c1. The molecule has 0 aliphatic rings. The topological polar surface area (TPSA) is 90.9 Å². The van der Waals surface area contributed by atoms with E-state index in [1.165, 1.54) is 25.7 Å². The van der Waals surface area contributed by atoms with Gasteiger partial charge in [-0.3, -0.25) is 0 Å². The van der Waals surface area contributed by atoms with Crippen molar-refractivity contribution in [2.24, 2.45) is 0 Å². The molecule has 0 aliphatic carbocycles. The summed E-state index contributed by atoms with van der Waals surface area (Å²) < 4.78 is 15.9. The zero-order valence-electron chi connectivity index (χ0n) is 20.8. The van der Waals surface area contributed by atoms with Gasteiger partial charge in [-0.15, -0.1) is 0 Å². The molecule has 0 spiro atoms. The lowest BCUT2D eigenvalue weighted by Gasteiger charge is -2.19. The molecule has 1 unspecified atom stereocenters. The number of hydrogen-bond donors (Lipinski definition) is 1. The molecule has 2 aromatic rings. The van der Waals surface area contributed by atoms with Crippen molar-refractivity contribution in [2.45, 2.75) is 71.5 Å². The summed E-state index contributed by atoms with van der Waals surface area (Å²) in [5.74, 6) is -1.08. The highest BCUT2D eigenvalue weighted by Crippen LogP contribution is 2.18. The second kappa shape index (κ2) is 15.5. The van der Waals surface area contributed by atoms with E-state index >= 15 is 0 Å². The molecule has 190 valence electrons. The van der Waals surface area contributed by atoms with Gasteiger partial charge in [-0.2, -0.15) is 0 Å². The molecule has 0 bridgehead atoms. The summed E-state index contributed by atoms with van der Waals surface area (Å²) in [4.78, 5) is 36.4. The minimum Gasteiger partial charge on any atom is -0.460 e. The Kier molecular flexibility index (Phi) is 12.4. The van der Waals surface area contributed by atoms with Gasteiger partial charge in [-0.05, 0) is 36.2 Å². The van der Waals surface area contributed by atoms with Gasteiger partial charge in [0.15, 0.2) is 0 Å². The number of amides is 1. The van der Waals surface area contributed by atoms with Crippen molar-refractivity contribution >= 4 is 28.8 Å². The van der Waals surface area contributed by atoms with Crippen molar-refractivity contribution in [1.82, 2.24) is 5.32 Å². The van der Waals surface area contributed by atoms with Crippen molar-refractivity contribution in [1.29, 1.82) is 0 Å². The summed E-state index contributed by atoms with van der Waals surface area (Å²) in [6.45, 7) is 7.28. The first-order valence-electron chi connectivity index (χ1n) is 12.4. The Morgan fingerprint density at radius 3 is 2.31 bits per heavy atom. The van der Waals surface area contributed by atoms with Crippen molar-refractivity contribution in [3.63, 3.8) is 0 Å². The zero-order valence-corrected chi connectivity index (χ0v) is 20.8. The van der Waals surface area contributed by atoms with Gasteiger partial charge in [-0.25, -0.2) is 14.4 Å². The summed E-state index contributed by atoms with van der Waals surface area (Å²) >= 11 is 0. The summed E-state index contributed by atoms with van der Waals surface area (Å²) in [7, 11) is 0. The number of benzene rings is 2. The van der Waals surface area contributed by atoms with Gasteiger partial charge in [-0.1, -0.05) is 82.4 Å². The predicted molar refractivity (Wildman–Crippen MR) is 136 cm³/mol. The summed E-state index contributed by atoms with van der Waals surface area (Å²) in [5, 5.41) is 4.45. The van der Waals surface area contributed by atoms with E-state index in [0.29, 0.717) is 12.0 Å². The quantitative estimate of drug-likeness (QED) is 0.138. The fraction of sp³-hybridized carbons (Fsp3) is 0.464. The van der Waals surface area contributed by atoms with Crippen LogP contribution in [0.5, 0.6) is 0 Å². The van der Waals surface area contributed by atoms with Gasteiger partial charge in [0.05, 0.1) is 12.1 Å². The van der Waals surface area contributed by atoms with Crippen LogP contribution in [0.15, 0.2) is 54.6 Å². The molecule has 0 heterocycles. The molecule has 7 nitrogen and oxygen atoms in total. The van der Waals surface area contributed by atoms with E-state index in [-0.39, 0.29) is 18.7 Å². The van der Waals surface area contributed by atoms with Gasteiger partial charge in [0, 0.05) is 12.0 Å². The fourth-order valence-electron chi connectivity index (χ4n) is 3.49. The smallest absolute Gasteiger partial charge is 0.410 e. The first kappa shape index (κ1) is 27.9. The van der Waals surface area contributed by atoms with E-state index in [0.717, 1.165) is 30.0 Å². The largest absolute Gasteiger partial charge is 0.460 e. The van der Waals surface area contributed by atoms with E-state index in [9.17, 15) is 14.4 Å². The maximum Gasteiger partial charge on any atom is 0.410 e. The number of carbonyl (C=O) groups is 3. The van der Waals surface area contributed by atoms with Crippen LogP contribution in [0.2, 0.25) is 0 Å². The van der Waals surface area contributed by atoms with Crippen LogP contribution in [0.3, 0.4) is 0 Å². The van der Waals surface area contributed by atoms with Crippen LogP contribution < -0.4 is 5.32 Å². The Balaban J connectivity index is 1.90. The molecule has 35 heavy (non-hydrogen) atoms. The van der Waals surface area contributed by atoms with E-state index in [1.807, 2.05) is 30.3 Å². The van der Waals surface area contributed by atoms with Gasteiger partial charge >= 0.3 is 18.0 Å². The monoisotopic (exact) mass is 483 g/mol. The standard InChI is InChI=1S/C28H37NO6/c1-4-5-6-7-8-9-10-15-25(35-28(32)29-18-19-33-26(30)21(2)3)34-27(31)24-17-16-22-13-11-12-14-23(22)20-24/h11-14,16-17,20,25H,2,4-10,15,18-19H2,1,3H3,(H,29,32). The molecule has 1 N–H and O–H groups in total. The van der Waals surface area contributed by atoms with Crippen molar-refractivity contribution in [3.8, 4) is 0 Å². The highest BCUT2D eigenvalue weighted by molar-refractivity contribution is 5.95. The number of hydrogen-bond acceptors (Lipinski definition) is 6. The number of carbonyl (C=O) groups excluding carboxylic acids is 3. The Morgan fingerprint density at radius 2 is 1.60 bits per heavy atom. The van der Waals surface area contributed by atoms with Gasteiger partial charge in [0.25, 0.3) is 0 Å². The van der Waals surface area contributed by atoms with Crippen LogP contribution in [0.25, 0.3) is 10.8 Å². The minimum atomic E-state index is -1.01. The second-order valence-corrected chi connectivity index (χ2v) is 8.56. The third kappa shape index (κ3) is 10.6. The number of alkyl carbamates (subject to hydrolysis) is 1. The Labute approximate surface area is 207 Å². The van der Waals surface area contributed by atoms with Crippen LogP contribution in [-0.2, 0) is 19.0 Å². The maximum absolute atomic E-state index is 12.8. The third-order valence-corrected chi connectivity index (χ3v) is 5.46. The molecule has 0 aliphatic heterocycles. The fourth-order valence-corrected chi connectivity index (χ4v) is 3.49. The van der Waals surface area contributed by atoms with Crippen molar-refractivity contribution in [2.75, 3.05) is 13.2 Å². The second-order valence-electron chi connectivity index (χ2n) is 8.56. The predicted octanol–water partition coefficient (Wildman–Crippen LogP) is 6.31. The number of nitrogens with one attached hydrogen (secondary N) is 1. The summed E-state index contributed by atoms with van der Waals surface area (Å²) in [6.07, 6.45) is 6.29. The summed E-state index contributed by atoms with van der Waals surface area (Å²) in [6, 6.07) is 13.1. The van der Waals surface area contributed by atoms with Crippen molar-refractivity contribution in [3.05, 3.63) is 60.2 Å². The van der Waals surface area contributed by atoms with Crippen LogP contribution >= 0.6 is 0 Å². The normalized spacial score (nSPS) is 11.5. The average molecular weight is 484 g/mol. The van der Waals surface area contributed by atoms with Gasteiger partial charge < -0.3 is 19.5 Å². The maximum atomic E-state index is 12.8. The molecular formula is C28H37NO6. The lowest BCUT2D eigenvalue weighted by Crippen LogP contribution is -2.34. The highest BCUT2D eigenvalue weighted by atomic mass is 16.7. The molecule has 2 aromatic carbocycles. The Bertz CT molecular complexity index is 986. The van der Waals surface area contributed by atoms with Crippen LogP contribution in [0, 0.1) is 0 Å². The lowest BCUT2D eigenvalue weighted by atomic mass is 10.1. The molecule has 0 saturated carbocycles. The number of unbranched alkanes of at least 4 members (excludes halogenated alkanes) is 6. The number of rotatable bonds is 15. The molecule has 1 amide bonds. The molecule has 0 saturated heterocycles. The zero-order chi connectivity index (χ0) is 25.5. The Morgan fingerprint density at radius 1 is 0.914 bits per heavy atom. The molecule has 0 fully saturated rings. The molecule has 0 radical (unpaired) electrons. The van der Waals surface area contributed by atoms with E-state index < -0.39 is 24.3 Å². The molecule has 0 aromatic heterocycles. The minimum absolute atomic E-state index is 0.0138.